The van der Waals surface area contributed by atoms with E-state index in [-0.39, 0.29) is 13.3 Å². The predicted octanol–water partition coefficient (Wildman–Crippen LogP) is 3.19. The van der Waals surface area contributed by atoms with E-state index in [1.165, 1.54) is 11.8 Å². The summed E-state index contributed by atoms with van der Waals surface area (Å²) in [4.78, 5) is 24.3. The zero-order chi connectivity index (χ0) is 24.6. The Hall–Kier alpha value is -4.53. The molecule has 0 radical (unpaired) electrons. The number of amides is 2. The van der Waals surface area contributed by atoms with Crippen molar-refractivity contribution in [3.8, 4) is 23.0 Å². The van der Waals surface area contributed by atoms with Crippen molar-refractivity contribution >= 4 is 18.0 Å². The Labute approximate surface area is 202 Å². The van der Waals surface area contributed by atoms with E-state index in [9.17, 15) is 9.59 Å². The number of rotatable bonds is 9. The SMILES string of the molecule is COc1cc(C=NNC(=O)CNC(=O)c2ccc3c(c2)OCO3)ccc1OCc1ccc(C)cc1. The molecule has 0 saturated heterocycles. The Balaban J connectivity index is 1.26. The molecule has 3 aromatic rings. The molecule has 1 aliphatic rings. The Morgan fingerprint density at radius 3 is 2.60 bits per heavy atom. The third-order valence-corrected chi connectivity index (χ3v) is 5.15. The van der Waals surface area contributed by atoms with Crippen LogP contribution >= 0.6 is 0 Å². The second kappa shape index (κ2) is 11.1. The molecule has 0 unspecified atom stereocenters. The van der Waals surface area contributed by atoms with Gasteiger partial charge in [-0.2, -0.15) is 5.10 Å². The van der Waals surface area contributed by atoms with Gasteiger partial charge in [0.05, 0.1) is 19.9 Å². The van der Waals surface area contributed by atoms with Crippen LogP contribution in [0.25, 0.3) is 0 Å². The van der Waals surface area contributed by atoms with Crippen LogP contribution in [0, 0.1) is 6.92 Å². The van der Waals surface area contributed by atoms with Gasteiger partial charge in [0.15, 0.2) is 23.0 Å². The summed E-state index contributed by atoms with van der Waals surface area (Å²) in [5, 5.41) is 6.47. The molecule has 1 heterocycles. The van der Waals surface area contributed by atoms with Crippen LogP contribution in [0.15, 0.2) is 65.8 Å². The van der Waals surface area contributed by atoms with Crippen molar-refractivity contribution in [3.05, 3.63) is 82.9 Å². The molecule has 3 aromatic carbocycles. The molecule has 0 aromatic heterocycles. The third-order valence-electron chi connectivity index (χ3n) is 5.15. The van der Waals surface area contributed by atoms with Gasteiger partial charge in [-0.25, -0.2) is 5.43 Å². The van der Waals surface area contributed by atoms with Gasteiger partial charge in [0, 0.05) is 5.56 Å². The van der Waals surface area contributed by atoms with Gasteiger partial charge in [-0.15, -0.1) is 0 Å². The Bertz CT molecular complexity index is 1240. The Kier molecular flexibility index (Phi) is 7.47. The minimum atomic E-state index is -0.472. The standard InChI is InChI=1S/C26H25N3O6/c1-17-3-5-18(6-4-17)15-33-21-9-7-19(11-23(21)32-2)13-28-29-25(30)14-27-26(31)20-8-10-22-24(12-20)35-16-34-22/h3-13H,14-16H2,1-2H3,(H,27,31)(H,29,30). The molecule has 0 fully saturated rings. The Morgan fingerprint density at radius 2 is 1.80 bits per heavy atom. The lowest BCUT2D eigenvalue weighted by molar-refractivity contribution is -0.120. The lowest BCUT2D eigenvalue weighted by Crippen LogP contribution is -2.34. The van der Waals surface area contributed by atoms with Gasteiger partial charge in [0.1, 0.15) is 6.61 Å². The summed E-state index contributed by atoms with van der Waals surface area (Å²) in [7, 11) is 1.56. The average Bonchev–Trinajstić information content (AvgIpc) is 3.35. The summed E-state index contributed by atoms with van der Waals surface area (Å²) in [6.07, 6.45) is 1.48. The molecule has 1 aliphatic heterocycles. The predicted molar refractivity (Wildman–Crippen MR) is 129 cm³/mol. The van der Waals surface area contributed by atoms with Crippen LogP contribution in [0.2, 0.25) is 0 Å². The van der Waals surface area contributed by atoms with Crippen LogP contribution in [0.4, 0.5) is 0 Å². The first-order valence-electron chi connectivity index (χ1n) is 10.9. The summed E-state index contributed by atoms with van der Waals surface area (Å²) in [5.41, 5.74) is 5.69. The zero-order valence-electron chi connectivity index (χ0n) is 19.4. The lowest BCUT2D eigenvalue weighted by atomic mass is 10.2. The molecule has 0 spiro atoms. The number of carbonyl (C=O) groups excluding carboxylic acids is 2. The molecule has 0 aliphatic carbocycles. The number of ether oxygens (including phenoxy) is 4. The van der Waals surface area contributed by atoms with Crippen molar-refractivity contribution in [1.82, 2.24) is 10.7 Å². The van der Waals surface area contributed by atoms with E-state index in [4.69, 9.17) is 18.9 Å². The average molecular weight is 476 g/mol. The van der Waals surface area contributed by atoms with Gasteiger partial charge in [-0.1, -0.05) is 29.8 Å². The minimum Gasteiger partial charge on any atom is -0.493 e. The number of fused-ring (bicyclic) bond motifs is 1. The van der Waals surface area contributed by atoms with Gasteiger partial charge < -0.3 is 24.3 Å². The molecule has 2 N–H and O–H groups in total. The number of carbonyl (C=O) groups is 2. The van der Waals surface area contributed by atoms with Crippen LogP contribution in [0.3, 0.4) is 0 Å². The second-order valence-corrected chi connectivity index (χ2v) is 7.73. The van der Waals surface area contributed by atoms with E-state index >= 15 is 0 Å². The quantitative estimate of drug-likeness (QED) is 0.364. The first kappa shape index (κ1) is 23.6. The summed E-state index contributed by atoms with van der Waals surface area (Å²) >= 11 is 0. The van der Waals surface area contributed by atoms with Crippen LogP contribution in [-0.4, -0.2) is 38.5 Å². The van der Waals surface area contributed by atoms with E-state index in [1.807, 2.05) is 31.2 Å². The molecule has 9 nitrogen and oxygen atoms in total. The van der Waals surface area contributed by atoms with Gasteiger partial charge in [-0.3, -0.25) is 9.59 Å². The van der Waals surface area contributed by atoms with Gasteiger partial charge in [0.2, 0.25) is 6.79 Å². The molecule has 180 valence electrons. The number of benzene rings is 3. The summed E-state index contributed by atoms with van der Waals surface area (Å²) in [6, 6.07) is 18.2. The zero-order valence-corrected chi connectivity index (χ0v) is 19.4. The molecule has 0 atom stereocenters. The van der Waals surface area contributed by atoms with E-state index < -0.39 is 11.8 Å². The second-order valence-electron chi connectivity index (χ2n) is 7.73. The fraction of sp³-hybridized carbons (Fsp3) is 0.192. The van der Waals surface area contributed by atoms with Crippen LogP contribution in [0.5, 0.6) is 23.0 Å². The van der Waals surface area contributed by atoms with Gasteiger partial charge in [-0.05, 0) is 54.4 Å². The summed E-state index contributed by atoms with van der Waals surface area (Å²) in [6.45, 7) is 2.33. The molecular formula is C26H25N3O6. The number of nitrogens with zero attached hydrogens (tertiary/aromatic N) is 1. The number of aryl methyl sites for hydroxylation is 1. The largest absolute Gasteiger partial charge is 0.493 e. The maximum Gasteiger partial charge on any atom is 0.259 e. The highest BCUT2D eigenvalue weighted by Gasteiger charge is 2.16. The fourth-order valence-electron chi connectivity index (χ4n) is 3.25. The molecule has 9 heteroatoms. The molecule has 0 bridgehead atoms. The number of hydrogen-bond acceptors (Lipinski definition) is 7. The molecule has 0 saturated carbocycles. The van der Waals surface area contributed by atoms with Crippen LogP contribution in [-0.2, 0) is 11.4 Å². The van der Waals surface area contributed by atoms with Crippen molar-refractivity contribution in [3.63, 3.8) is 0 Å². The highest BCUT2D eigenvalue weighted by Crippen LogP contribution is 2.32. The van der Waals surface area contributed by atoms with Crippen molar-refractivity contribution in [2.24, 2.45) is 5.10 Å². The normalized spacial score (nSPS) is 11.8. The Morgan fingerprint density at radius 1 is 1.00 bits per heavy atom. The topological polar surface area (TPSA) is 107 Å². The van der Waals surface area contributed by atoms with Crippen molar-refractivity contribution in [2.45, 2.75) is 13.5 Å². The summed E-state index contributed by atoms with van der Waals surface area (Å²) in [5.74, 6) is 1.34. The maximum atomic E-state index is 12.3. The molecule has 4 rings (SSSR count). The number of hydrogen-bond donors (Lipinski definition) is 2. The first-order chi connectivity index (χ1) is 17.0. The minimum absolute atomic E-state index is 0.121. The van der Waals surface area contributed by atoms with E-state index in [0.29, 0.717) is 40.7 Å². The first-order valence-corrected chi connectivity index (χ1v) is 10.9. The smallest absolute Gasteiger partial charge is 0.259 e. The molecule has 35 heavy (non-hydrogen) atoms. The highest BCUT2D eigenvalue weighted by atomic mass is 16.7. The van der Waals surface area contributed by atoms with Crippen molar-refractivity contribution < 1.29 is 28.5 Å². The van der Waals surface area contributed by atoms with E-state index in [1.54, 1.807) is 43.5 Å². The van der Waals surface area contributed by atoms with Crippen LogP contribution in [0.1, 0.15) is 27.0 Å². The van der Waals surface area contributed by atoms with E-state index in [2.05, 4.69) is 15.8 Å². The van der Waals surface area contributed by atoms with Crippen molar-refractivity contribution in [2.75, 3.05) is 20.4 Å². The van der Waals surface area contributed by atoms with Crippen LogP contribution < -0.4 is 29.7 Å². The monoisotopic (exact) mass is 475 g/mol. The highest BCUT2D eigenvalue weighted by molar-refractivity contribution is 5.97. The van der Waals surface area contributed by atoms with E-state index in [0.717, 1.165) is 5.56 Å². The lowest BCUT2D eigenvalue weighted by Gasteiger charge is -2.11. The van der Waals surface area contributed by atoms with Gasteiger partial charge in [0.25, 0.3) is 11.8 Å². The number of hydrazone groups is 1. The van der Waals surface area contributed by atoms with Gasteiger partial charge >= 0.3 is 0 Å². The number of methoxy groups -OCH3 is 1. The number of nitrogens with one attached hydrogen (secondary N) is 2. The third kappa shape index (κ3) is 6.29. The molecule has 2 amide bonds. The molecular weight excluding hydrogens is 450 g/mol. The fourth-order valence-corrected chi connectivity index (χ4v) is 3.25. The van der Waals surface area contributed by atoms with Crippen molar-refractivity contribution in [1.29, 1.82) is 0 Å². The maximum absolute atomic E-state index is 12.3. The summed E-state index contributed by atoms with van der Waals surface area (Å²) < 4.78 is 21.8.